The van der Waals surface area contributed by atoms with Gasteiger partial charge in [-0.05, 0) is 39.8 Å². The monoisotopic (exact) mass is 560 g/mol. The van der Waals surface area contributed by atoms with Crippen molar-refractivity contribution in [2.24, 2.45) is 4.99 Å². The molecular formula is C21H37IN8O2. The molecule has 0 spiro atoms. The van der Waals surface area contributed by atoms with Crippen molar-refractivity contribution in [2.45, 2.75) is 38.8 Å². The fourth-order valence-corrected chi connectivity index (χ4v) is 3.57. The van der Waals surface area contributed by atoms with Crippen LogP contribution in [-0.2, 0) is 4.74 Å². The molecule has 180 valence electrons. The van der Waals surface area contributed by atoms with E-state index in [1.807, 2.05) is 26.8 Å². The highest BCUT2D eigenvalue weighted by atomic mass is 127. The summed E-state index contributed by atoms with van der Waals surface area (Å²) in [6.45, 7) is 12.7. The molecule has 1 aromatic rings. The van der Waals surface area contributed by atoms with E-state index >= 15 is 0 Å². The summed E-state index contributed by atoms with van der Waals surface area (Å²) in [6, 6.07) is 2.05. The number of hydrogen-bond acceptors (Lipinski definition) is 7. The van der Waals surface area contributed by atoms with Crippen LogP contribution in [0.15, 0.2) is 23.5 Å². The lowest BCUT2D eigenvalue weighted by Crippen LogP contribution is -2.63. The van der Waals surface area contributed by atoms with Gasteiger partial charge in [-0.15, -0.1) is 24.0 Å². The molecule has 0 radical (unpaired) electrons. The highest BCUT2D eigenvalue weighted by molar-refractivity contribution is 14.0. The van der Waals surface area contributed by atoms with Crippen molar-refractivity contribution >= 4 is 42.0 Å². The molecule has 0 saturated carbocycles. The van der Waals surface area contributed by atoms with Crippen LogP contribution in [0.3, 0.4) is 0 Å². The van der Waals surface area contributed by atoms with Crippen LogP contribution in [0, 0.1) is 0 Å². The van der Waals surface area contributed by atoms with E-state index in [0.29, 0.717) is 13.1 Å². The zero-order valence-electron chi connectivity index (χ0n) is 19.6. The summed E-state index contributed by atoms with van der Waals surface area (Å²) in [5.41, 5.74) is -0.463. The Hall–Kier alpha value is -1.89. The van der Waals surface area contributed by atoms with Crippen LogP contribution in [0.25, 0.3) is 0 Å². The van der Waals surface area contributed by atoms with Crippen molar-refractivity contribution in [3.63, 3.8) is 0 Å². The number of likely N-dealkylation sites (tertiary alicyclic amines) is 1. The van der Waals surface area contributed by atoms with Gasteiger partial charge in [-0.25, -0.2) is 14.8 Å². The first kappa shape index (κ1) is 26.4. The number of aromatic nitrogens is 2. The topological polar surface area (TPSA) is 98.2 Å². The van der Waals surface area contributed by atoms with Crippen molar-refractivity contribution in [3.8, 4) is 0 Å². The minimum atomic E-state index is -0.463. The lowest BCUT2D eigenvalue weighted by atomic mass is 10.1. The summed E-state index contributed by atoms with van der Waals surface area (Å²) in [5, 5.41) is 6.74. The molecule has 2 fully saturated rings. The molecule has 1 aromatic heterocycles. The number of hydrogen-bond donors (Lipinski definition) is 2. The van der Waals surface area contributed by atoms with Crippen LogP contribution >= 0.6 is 24.0 Å². The number of rotatable bonds is 6. The number of anilines is 1. The van der Waals surface area contributed by atoms with Crippen molar-refractivity contribution < 1.29 is 9.53 Å². The Labute approximate surface area is 208 Å². The van der Waals surface area contributed by atoms with Gasteiger partial charge in [0, 0.05) is 65.3 Å². The average Bonchev–Trinajstić information content (AvgIpc) is 2.71. The molecule has 1 amide bonds. The normalized spacial score (nSPS) is 17.9. The number of aliphatic imine (C=N–C) groups is 1. The van der Waals surface area contributed by atoms with Gasteiger partial charge in [-0.3, -0.25) is 9.89 Å². The molecule has 2 aliphatic heterocycles. The molecule has 2 N–H and O–H groups in total. The summed E-state index contributed by atoms with van der Waals surface area (Å²) in [5.74, 6) is 1.60. The van der Waals surface area contributed by atoms with Gasteiger partial charge in [0.15, 0.2) is 5.96 Å². The van der Waals surface area contributed by atoms with Gasteiger partial charge in [0.1, 0.15) is 5.60 Å². The van der Waals surface area contributed by atoms with E-state index in [1.165, 1.54) is 0 Å². The van der Waals surface area contributed by atoms with Gasteiger partial charge in [-0.2, -0.15) is 0 Å². The number of ether oxygens (including phenoxy) is 1. The maximum Gasteiger partial charge on any atom is 0.410 e. The van der Waals surface area contributed by atoms with E-state index in [1.54, 1.807) is 24.3 Å². The first-order valence-electron chi connectivity index (χ1n) is 11.0. The van der Waals surface area contributed by atoms with E-state index in [0.717, 1.165) is 57.6 Å². The first-order valence-corrected chi connectivity index (χ1v) is 11.0. The van der Waals surface area contributed by atoms with Crippen LogP contribution in [0.2, 0.25) is 0 Å². The molecule has 11 heteroatoms. The molecule has 2 saturated heterocycles. The number of piperazine rings is 1. The van der Waals surface area contributed by atoms with Crippen LogP contribution in [0.1, 0.15) is 27.2 Å². The zero-order chi connectivity index (χ0) is 22.3. The Morgan fingerprint density at radius 1 is 1.19 bits per heavy atom. The van der Waals surface area contributed by atoms with Crippen LogP contribution in [0.4, 0.5) is 10.7 Å². The third-order valence-electron chi connectivity index (χ3n) is 5.25. The number of guanidine groups is 1. The summed E-state index contributed by atoms with van der Waals surface area (Å²) < 4.78 is 5.39. The molecule has 0 aromatic carbocycles. The van der Waals surface area contributed by atoms with Crippen LogP contribution in [-0.4, -0.2) is 103 Å². The summed E-state index contributed by atoms with van der Waals surface area (Å²) in [4.78, 5) is 31.4. The zero-order valence-corrected chi connectivity index (χ0v) is 21.9. The largest absolute Gasteiger partial charge is 0.444 e. The molecule has 32 heavy (non-hydrogen) atoms. The number of amides is 1. The molecule has 0 unspecified atom stereocenters. The average molecular weight is 560 g/mol. The van der Waals surface area contributed by atoms with Gasteiger partial charge in [-0.1, -0.05) is 0 Å². The van der Waals surface area contributed by atoms with E-state index in [4.69, 9.17) is 4.74 Å². The van der Waals surface area contributed by atoms with Crippen molar-refractivity contribution in [1.82, 2.24) is 30.4 Å². The second kappa shape index (κ2) is 12.4. The van der Waals surface area contributed by atoms with E-state index in [-0.39, 0.29) is 36.1 Å². The fourth-order valence-electron chi connectivity index (χ4n) is 3.57. The third kappa shape index (κ3) is 8.23. The third-order valence-corrected chi connectivity index (χ3v) is 5.25. The SMILES string of the molecule is CN=C(NCCCN1CCN(c2ncccn2)CC1)NC1CN(C(=O)OC(C)(C)C)C1.I. The fraction of sp³-hybridized carbons (Fsp3) is 0.714. The lowest BCUT2D eigenvalue weighted by molar-refractivity contribution is 0.00701. The van der Waals surface area contributed by atoms with E-state index in [9.17, 15) is 4.79 Å². The minimum absolute atomic E-state index is 0. The summed E-state index contributed by atoms with van der Waals surface area (Å²) in [6.07, 6.45) is 4.37. The van der Waals surface area contributed by atoms with Crippen LogP contribution in [0.5, 0.6) is 0 Å². The predicted molar refractivity (Wildman–Crippen MR) is 137 cm³/mol. The van der Waals surface area contributed by atoms with Crippen LogP contribution < -0.4 is 15.5 Å². The number of nitrogens with zero attached hydrogens (tertiary/aromatic N) is 6. The molecule has 3 rings (SSSR count). The summed E-state index contributed by atoms with van der Waals surface area (Å²) in [7, 11) is 1.77. The predicted octanol–water partition coefficient (Wildman–Crippen LogP) is 1.39. The van der Waals surface area contributed by atoms with Crippen molar-refractivity contribution in [3.05, 3.63) is 18.5 Å². The van der Waals surface area contributed by atoms with E-state index in [2.05, 4.69) is 35.4 Å². The minimum Gasteiger partial charge on any atom is -0.444 e. The van der Waals surface area contributed by atoms with Gasteiger partial charge in [0.2, 0.25) is 5.95 Å². The highest BCUT2D eigenvalue weighted by Gasteiger charge is 2.34. The quantitative estimate of drug-likeness (QED) is 0.233. The van der Waals surface area contributed by atoms with Gasteiger partial charge in [0.25, 0.3) is 0 Å². The molecule has 0 bridgehead atoms. The molecule has 0 atom stereocenters. The van der Waals surface area contributed by atoms with Crippen molar-refractivity contribution in [1.29, 1.82) is 0 Å². The molecule has 2 aliphatic rings. The molecular weight excluding hydrogens is 523 g/mol. The summed E-state index contributed by atoms with van der Waals surface area (Å²) >= 11 is 0. The Morgan fingerprint density at radius 2 is 1.84 bits per heavy atom. The molecule has 3 heterocycles. The number of nitrogens with one attached hydrogen (secondary N) is 2. The maximum absolute atomic E-state index is 12.0. The standard InChI is InChI=1S/C21H36N8O2.HI/c1-21(2,3)31-20(30)29-15-17(16-29)26-18(22-4)23-9-6-10-27-11-13-28(14-12-27)19-24-7-5-8-25-19;/h5,7-8,17H,6,9-16H2,1-4H3,(H2,22,23,26);1H. The highest BCUT2D eigenvalue weighted by Crippen LogP contribution is 2.15. The first-order chi connectivity index (χ1) is 14.8. The van der Waals surface area contributed by atoms with Crippen molar-refractivity contribution in [2.75, 3.05) is 64.3 Å². The second-order valence-electron chi connectivity index (χ2n) is 8.96. The second-order valence-corrected chi connectivity index (χ2v) is 8.96. The number of halogens is 1. The number of carbonyl (C=O) groups excluding carboxylic acids is 1. The smallest absolute Gasteiger partial charge is 0.410 e. The Kier molecular flexibility index (Phi) is 10.2. The van der Waals surface area contributed by atoms with Gasteiger partial charge in [0.05, 0.1) is 6.04 Å². The maximum atomic E-state index is 12.0. The Morgan fingerprint density at radius 3 is 2.44 bits per heavy atom. The Balaban J connectivity index is 0.00000363. The van der Waals surface area contributed by atoms with Gasteiger partial charge >= 0.3 is 6.09 Å². The number of carbonyl (C=O) groups is 1. The molecule has 0 aliphatic carbocycles. The molecule has 10 nitrogen and oxygen atoms in total. The Bertz CT molecular complexity index is 729. The lowest BCUT2D eigenvalue weighted by Gasteiger charge is -2.40. The van der Waals surface area contributed by atoms with E-state index < -0.39 is 5.60 Å². The van der Waals surface area contributed by atoms with Gasteiger partial charge < -0.3 is 25.2 Å².